The second kappa shape index (κ2) is 7.14. The van der Waals surface area contributed by atoms with Gasteiger partial charge in [0.15, 0.2) is 12.4 Å². The summed E-state index contributed by atoms with van der Waals surface area (Å²) in [6.07, 6.45) is 7.33. The van der Waals surface area contributed by atoms with Gasteiger partial charge in [0.25, 0.3) is 5.91 Å². The zero-order valence-electron chi connectivity index (χ0n) is 14.9. The molecule has 4 saturated carbocycles. The van der Waals surface area contributed by atoms with Crippen LogP contribution in [0.4, 0.5) is 0 Å². The Balaban J connectivity index is 1.20. The Hall–Kier alpha value is -1.69. The summed E-state index contributed by atoms with van der Waals surface area (Å²) in [5.41, 5.74) is -0.0621. The van der Waals surface area contributed by atoms with Gasteiger partial charge in [-0.1, -0.05) is 6.07 Å². The Labute approximate surface area is 157 Å². The minimum absolute atomic E-state index is 0.0153. The Morgan fingerprint density at radius 1 is 1.08 bits per heavy atom. The van der Waals surface area contributed by atoms with Crippen molar-refractivity contribution in [3.63, 3.8) is 0 Å². The number of ketones is 1. The molecule has 1 aromatic rings. The maximum atomic E-state index is 12.3. The van der Waals surface area contributed by atoms with E-state index in [1.165, 1.54) is 30.6 Å². The highest BCUT2D eigenvalue weighted by atomic mass is 32.1. The number of esters is 1. The van der Waals surface area contributed by atoms with Gasteiger partial charge in [0.2, 0.25) is 0 Å². The van der Waals surface area contributed by atoms with Gasteiger partial charge < -0.3 is 10.1 Å². The van der Waals surface area contributed by atoms with E-state index in [0.29, 0.717) is 4.88 Å². The number of nitrogens with one attached hydrogen (secondary N) is 1. The van der Waals surface area contributed by atoms with E-state index in [-0.39, 0.29) is 36.7 Å². The molecule has 1 heterocycles. The standard InChI is InChI=1S/C20H25NO4S/c22-16(17-2-1-5-26-17)3-4-19(24)25-12-18(23)21-20-9-13-6-14(10-20)8-15(7-13)11-20/h1-2,5,13-15H,3-4,6-12H2,(H,21,23). The van der Waals surface area contributed by atoms with Crippen molar-refractivity contribution < 1.29 is 19.1 Å². The third-order valence-electron chi connectivity index (χ3n) is 6.16. The van der Waals surface area contributed by atoms with Crippen molar-refractivity contribution in [2.45, 2.75) is 56.9 Å². The van der Waals surface area contributed by atoms with E-state index in [0.717, 1.165) is 37.0 Å². The molecule has 1 N–H and O–H groups in total. The molecule has 4 fully saturated rings. The quantitative estimate of drug-likeness (QED) is 0.586. The fraction of sp³-hybridized carbons (Fsp3) is 0.650. The van der Waals surface area contributed by atoms with Crippen molar-refractivity contribution in [3.05, 3.63) is 22.4 Å². The molecule has 1 amide bonds. The zero-order chi connectivity index (χ0) is 18.1. The summed E-state index contributed by atoms with van der Waals surface area (Å²) < 4.78 is 5.09. The molecule has 5 nitrogen and oxygen atoms in total. The lowest BCUT2D eigenvalue weighted by Crippen LogP contribution is -2.60. The molecular weight excluding hydrogens is 350 g/mol. The molecular formula is C20H25NO4S. The molecule has 0 atom stereocenters. The monoisotopic (exact) mass is 375 g/mol. The van der Waals surface area contributed by atoms with Gasteiger partial charge in [-0.3, -0.25) is 14.4 Å². The Kier molecular flexibility index (Phi) is 4.86. The van der Waals surface area contributed by atoms with E-state index in [1.54, 1.807) is 6.07 Å². The second-order valence-corrected chi connectivity index (χ2v) is 9.25. The van der Waals surface area contributed by atoms with E-state index >= 15 is 0 Å². The number of hydrogen-bond acceptors (Lipinski definition) is 5. The van der Waals surface area contributed by atoms with Crippen LogP contribution in [0.3, 0.4) is 0 Å². The summed E-state index contributed by atoms with van der Waals surface area (Å²) in [7, 11) is 0. The molecule has 4 aliphatic rings. The summed E-state index contributed by atoms with van der Waals surface area (Å²) in [5, 5.41) is 5.02. The molecule has 4 bridgehead atoms. The summed E-state index contributed by atoms with van der Waals surface area (Å²) in [4.78, 5) is 36.7. The number of ether oxygens (including phenoxy) is 1. The highest BCUT2D eigenvalue weighted by Crippen LogP contribution is 2.55. The molecule has 0 aromatic carbocycles. The Morgan fingerprint density at radius 3 is 2.31 bits per heavy atom. The average molecular weight is 375 g/mol. The molecule has 0 saturated heterocycles. The van der Waals surface area contributed by atoms with Crippen LogP contribution in [0, 0.1) is 17.8 Å². The number of carbonyl (C=O) groups is 3. The molecule has 140 valence electrons. The van der Waals surface area contributed by atoms with Crippen LogP contribution < -0.4 is 5.32 Å². The average Bonchev–Trinajstić information content (AvgIpc) is 3.11. The first-order chi connectivity index (χ1) is 12.5. The number of thiophene rings is 1. The predicted octanol–water partition coefficient (Wildman–Crippen LogP) is 3.34. The molecule has 0 spiro atoms. The highest BCUT2D eigenvalue weighted by Gasteiger charge is 2.51. The lowest BCUT2D eigenvalue weighted by molar-refractivity contribution is -0.150. The summed E-state index contributed by atoms with van der Waals surface area (Å²) >= 11 is 1.37. The van der Waals surface area contributed by atoms with E-state index in [9.17, 15) is 14.4 Å². The molecule has 4 aliphatic carbocycles. The van der Waals surface area contributed by atoms with Crippen molar-refractivity contribution >= 4 is 29.0 Å². The smallest absolute Gasteiger partial charge is 0.306 e. The highest BCUT2D eigenvalue weighted by molar-refractivity contribution is 7.12. The Morgan fingerprint density at radius 2 is 1.73 bits per heavy atom. The molecule has 1 aromatic heterocycles. The number of rotatable bonds is 7. The van der Waals surface area contributed by atoms with E-state index < -0.39 is 5.97 Å². The molecule has 6 heteroatoms. The van der Waals surface area contributed by atoms with Gasteiger partial charge >= 0.3 is 5.97 Å². The largest absolute Gasteiger partial charge is 0.456 e. The molecule has 5 rings (SSSR count). The predicted molar refractivity (Wildman–Crippen MR) is 97.9 cm³/mol. The lowest BCUT2D eigenvalue weighted by Gasteiger charge is -2.56. The minimum Gasteiger partial charge on any atom is -0.456 e. The SMILES string of the molecule is O=C(COC(=O)CCC(=O)c1cccs1)NC12CC3CC(CC(C3)C1)C2. The van der Waals surface area contributed by atoms with Gasteiger partial charge in [-0.2, -0.15) is 0 Å². The minimum atomic E-state index is -0.490. The van der Waals surface area contributed by atoms with Gasteiger partial charge in [-0.15, -0.1) is 11.3 Å². The number of carbonyl (C=O) groups excluding carboxylic acids is 3. The van der Waals surface area contributed by atoms with Gasteiger partial charge in [0, 0.05) is 12.0 Å². The van der Waals surface area contributed by atoms with Crippen LogP contribution in [-0.2, 0) is 14.3 Å². The van der Waals surface area contributed by atoms with Gasteiger partial charge in [-0.05, 0) is 67.7 Å². The van der Waals surface area contributed by atoms with Crippen LogP contribution in [0.5, 0.6) is 0 Å². The third-order valence-corrected chi connectivity index (χ3v) is 7.07. The topological polar surface area (TPSA) is 72.5 Å². The second-order valence-electron chi connectivity index (χ2n) is 8.31. The zero-order valence-corrected chi connectivity index (χ0v) is 15.7. The van der Waals surface area contributed by atoms with Crippen molar-refractivity contribution in [1.82, 2.24) is 5.32 Å². The summed E-state index contributed by atoms with van der Waals surface area (Å²) in [6, 6.07) is 3.56. The molecule has 26 heavy (non-hydrogen) atoms. The first-order valence-electron chi connectivity index (χ1n) is 9.55. The van der Waals surface area contributed by atoms with Gasteiger partial charge in [0.1, 0.15) is 0 Å². The van der Waals surface area contributed by atoms with Gasteiger partial charge in [-0.25, -0.2) is 0 Å². The number of hydrogen-bond donors (Lipinski definition) is 1. The first-order valence-corrected chi connectivity index (χ1v) is 10.4. The van der Waals surface area contributed by atoms with Crippen LogP contribution in [0.25, 0.3) is 0 Å². The molecule has 0 radical (unpaired) electrons. The van der Waals surface area contributed by atoms with E-state index in [2.05, 4.69) is 5.32 Å². The van der Waals surface area contributed by atoms with E-state index in [4.69, 9.17) is 4.74 Å². The third kappa shape index (κ3) is 3.85. The molecule has 0 aliphatic heterocycles. The van der Waals surface area contributed by atoms with Crippen molar-refractivity contribution in [2.24, 2.45) is 17.8 Å². The normalized spacial score (nSPS) is 31.6. The maximum Gasteiger partial charge on any atom is 0.306 e. The summed E-state index contributed by atoms with van der Waals surface area (Å²) in [6.45, 7) is -0.242. The van der Waals surface area contributed by atoms with Crippen LogP contribution in [0.15, 0.2) is 17.5 Å². The van der Waals surface area contributed by atoms with Crippen molar-refractivity contribution in [2.75, 3.05) is 6.61 Å². The maximum absolute atomic E-state index is 12.3. The van der Waals surface area contributed by atoms with Crippen molar-refractivity contribution in [3.8, 4) is 0 Å². The fourth-order valence-electron chi connectivity index (χ4n) is 5.59. The number of Topliss-reactive ketones (excluding diaryl/α,β-unsaturated/α-hetero) is 1. The van der Waals surface area contributed by atoms with Crippen LogP contribution in [0.2, 0.25) is 0 Å². The fourth-order valence-corrected chi connectivity index (χ4v) is 6.28. The van der Waals surface area contributed by atoms with Crippen molar-refractivity contribution in [1.29, 1.82) is 0 Å². The molecule has 0 unspecified atom stereocenters. The number of amides is 1. The van der Waals surface area contributed by atoms with Crippen LogP contribution in [0.1, 0.15) is 61.0 Å². The Bertz CT molecular complexity index is 661. The van der Waals surface area contributed by atoms with Crippen LogP contribution in [-0.4, -0.2) is 29.8 Å². The lowest BCUT2D eigenvalue weighted by atomic mass is 9.53. The van der Waals surface area contributed by atoms with Crippen LogP contribution >= 0.6 is 11.3 Å². The van der Waals surface area contributed by atoms with Gasteiger partial charge in [0.05, 0.1) is 11.3 Å². The first kappa shape index (κ1) is 17.7. The summed E-state index contributed by atoms with van der Waals surface area (Å²) in [5.74, 6) is 1.52. The van der Waals surface area contributed by atoms with E-state index in [1.807, 2.05) is 11.4 Å².